The van der Waals surface area contributed by atoms with Gasteiger partial charge in [0.15, 0.2) is 0 Å². The molecule has 17 heavy (non-hydrogen) atoms. The molecule has 2 aromatic rings. The number of benzene rings is 2. The van der Waals surface area contributed by atoms with Crippen molar-refractivity contribution in [2.75, 3.05) is 0 Å². The normalized spacial score (nSPS) is 10.2. The minimum absolute atomic E-state index is 0.102. The Morgan fingerprint density at radius 2 is 1.71 bits per heavy atom. The van der Waals surface area contributed by atoms with Crippen LogP contribution in [0.2, 0.25) is 0 Å². The van der Waals surface area contributed by atoms with Crippen molar-refractivity contribution in [2.45, 2.75) is 5.33 Å². The van der Waals surface area contributed by atoms with Crippen molar-refractivity contribution in [3.05, 3.63) is 59.7 Å². The molecule has 0 fully saturated rings. The molecule has 0 spiro atoms. The Morgan fingerprint density at radius 3 is 2.29 bits per heavy atom. The highest BCUT2D eigenvalue weighted by atomic mass is 79.9. The summed E-state index contributed by atoms with van der Waals surface area (Å²) >= 11 is 3.42. The lowest BCUT2D eigenvalue weighted by Crippen LogP contribution is -2.12. The second-order valence-corrected chi connectivity index (χ2v) is 4.35. The quantitative estimate of drug-likeness (QED) is 0.507. The van der Waals surface area contributed by atoms with Gasteiger partial charge in [0, 0.05) is 10.9 Å². The summed E-state index contributed by atoms with van der Waals surface area (Å²) in [6.45, 7) is 0. The van der Waals surface area contributed by atoms with Crippen molar-refractivity contribution in [1.82, 2.24) is 0 Å². The van der Waals surface area contributed by atoms with Crippen molar-refractivity contribution >= 4 is 21.8 Å². The van der Waals surface area contributed by atoms with Gasteiger partial charge in [-0.2, -0.15) is 0 Å². The van der Waals surface area contributed by atoms with E-state index in [0.717, 1.165) is 22.0 Å². The average Bonchev–Trinajstić information content (AvgIpc) is 2.39. The molecule has 2 nitrogen and oxygen atoms in total. The molecule has 0 saturated carbocycles. The van der Waals surface area contributed by atoms with Gasteiger partial charge >= 0.3 is 0 Å². The number of amidine groups is 1. The van der Waals surface area contributed by atoms with E-state index in [1.807, 2.05) is 24.3 Å². The molecule has 2 aromatic carbocycles. The highest BCUT2D eigenvalue weighted by Gasteiger charge is 2.06. The first-order valence-corrected chi connectivity index (χ1v) is 6.43. The average molecular weight is 289 g/mol. The van der Waals surface area contributed by atoms with E-state index in [-0.39, 0.29) is 5.84 Å². The van der Waals surface area contributed by atoms with Gasteiger partial charge in [-0.3, -0.25) is 5.41 Å². The van der Waals surface area contributed by atoms with Crippen LogP contribution < -0.4 is 5.73 Å². The highest BCUT2D eigenvalue weighted by Crippen LogP contribution is 2.24. The lowest BCUT2D eigenvalue weighted by molar-refractivity contribution is 1.41. The van der Waals surface area contributed by atoms with Crippen molar-refractivity contribution in [1.29, 1.82) is 5.41 Å². The van der Waals surface area contributed by atoms with Crippen LogP contribution in [0.25, 0.3) is 11.1 Å². The third-order valence-corrected chi connectivity index (χ3v) is 3.28. The Hall–Kier alpha value is -1.61. The van der Waals surface area contributed by atoms with Crippen molar-refractivity contribution in [3.63, 3.8) is 0 Å². The van der Waals surface area contributed by atoms with Gasteiger partial charge in [0.25, 0.3) is 0 Å². The molecule has 0 aliphatic heterocycles. The molecule has 0 amide bonds. The number of hydrogen-bond donors (Lipinski definition) is 2. The molecular weight excluding hydrogens is 276 g/mol. The van der Waals surface area contributed by atoms with Crippen LogP contribution in [0, 0.1) is 5.41 Å². The van der Waals surface area contributed by atoms with Crippen LogP contribution in [0.15, 0.2) is 48.5 Å². The maximum absolute atomic E-state index is 7.57. The number of alkyl halides is 1. The number of nitrogens with one attached hydrogen (secondary N) is 1. The second-order valence-electron chi connectivity index (χ2n) is 3.79. The summed E-state index contributed by atoms with van der Waals surface area (Å²) in [5.74, 6) is 0.102. The third kappa shape index (κ3) is 2.56. The summed E-state index contributed by atoms with van der Waals surface area (Å²) in [6.07, 6.45) is 0. The van der Waals surface area contributed by atoms with E-state index in [2.05, 4.69) is 40.2 Å². The molecule has 0 radical (unpaired) electrons. The summed E-state index contributed by atoms with van der Waals surface area (Å²) in [6, 6.07) is 16.0. The van der Waals surface area contributed by atoms with Gasteiger partial charge in [0.1, 0.15) is 5.84 Å². The number of rotatable bonds is 3. The summed E-state index contributed by atoms with van der Waals surface area (Å²) in [4.78, 5) is 0. The minimum Gasteiger partial charge on any atom is -0.384 e. The monoisotopic (exact) mass is 288 g/mol. The lowest BCUT2D eigenvalue weighted by atomic mass is 9.98. The summed E-state index contributed by atoms with van der Waals surface area (Å²) in [7, 11) is 0. The molecule has 86 valence electrons. The molecule has 0 bridgehead atoms. The van der Waals surface area contributed by atoms with E-state index in [4.69, 9.17) is 11.1 Å². The van der Waals surface area contributed by atoms with Gasteiger partial charge in [-0.25, -0.2) is 0 Å². The van der Waals surface area contributed by atoms with Crippen molar-refractivity contribution < 1.29 is 0 Å². The zero-order valence-corrected chi connectivity index (χ0v) is 10.9. The number of halogens is 1. The van der Waals surface area contributed by atoms with Crippen LogP contribution in [0.4, 0.5) is 0 Å². The first-order valence-electron chi connectivity index (χ1n) is 5.31. The van der Waals surface area contributed by atoms with Gasteiger partial charge in [-0.1, -0.05) is 64.5 Å². The standard InChI is InChI=1S/C14H13BrN2/c15-9-10-5-7-11(8-6-10)12-3-1-2-4-13(12)14(16)17/h1-8H,9H2,(H3,16,17). The maximum Gasteiger partial charge on any atom is 0.123 e. The molecule has 0 aliphatic rings. The maximum atomic E-state index is 7.57. The fourth-order valence-electron chi connectivity index (χ4n) is 1.74. The molecule has 0 aromatic heterocycles. The number of nitrogens with two attached hydrogens (primary N) is 1. The molecule has 3 N–H and O–H groups in total. The Kier molecular flexibility index (Phi) is 3.59. The molecule has 0 atom stereocenters. The van der Waals surface area contributed by atoms with E-state index < -0.39 is 0 Å². The van der Waals surface area contributed by atoms with E-state index >= 15 is 0 Å². The summed E-state index contributed by atoms with van der Waals surface area (Å²) < 4.78 is 0. The predicted molar refractivity (Wildman–Crippen MR) is 75.5 cm³/mol. The molecule has 0 heterocycles. The Morgan fingerprint density at radius 1 is 1.06 bits per heavy atom. The van der Waals surface area contributed by atoms with Crippen LogP contribution >= 0.6 is 15.9 Å². The van der Waals surface area contributed by atoms with Gasteiger partial charge < -0.3 is 5.73 Å². The van der Waals surface area contributed by atoms with Crippen LogP contribution in [0.3, 0.4) is 0 Å². The molecular formula is C14H13BrN2. The predicted octanol–water partition coefficient (Wildman–Crippen LogP) is 3.53. The van der Waals surface area contributed by atoms with Crippen LogP contribution in [-0.2, 0) is 5.33 Å². The summed E-state index contributed by atoms with van der Waals surface area (Å²) in [5, 5.41) is 8.42. The summed E-state index contributed by atoms with van der Waals surface area (Å²) in [5.41, 5.74) is 9.68. The Bertz CT molecular complexity index is 532. The van der Waals surface area contributed by atoms with Gasteiger partial charge in [0.2, 0.25) is 0 Å². The molecule has 0 saturated heterocycles. The second kappa shape index (κ2) is 5.15. The molecule has 3 heteroatoms. The van der Waals surface area contributed by atoms with E-state index in [1.54, 1.807) is 0 Å². The Labute approximate surface area is 109 Å². The van der Waals surface area contributed by atoms with Gasteiger partial charge in [-0.15, -0.1) is 0 Å². The van der Waals surface area contributed by atoms with Gasteiger partial charge in [0.05, 0.1) is 0 Å². The smallest absolute Gasteiger partial charge is 0.123 e. The highest BCUT2D eigenvalue weighted by molar-refractivity contribution is 9.08. The van der Waals surface area contributed by atoms with Crippen molar-refractivity contribution in [2.24, 2.45) is 5.73 Å². The topological polar surface area (TPSA) is 49.9 Å². The van der Waals surface area contributed by atoms with Crippen molar-refractivity contribution in [3.8, 4) is 11.1 Å². The fraction of sp³-hybridized carbons (Fsp3) is 0.0714. The first-order chi connectivity index (χ1) is 8.22. The van der Waals surface area contributed by atoms with E-state index in [1.165, 1.54) is 5.56 Å². The lowest BCUT2D eigenvalue weighted by Gasteiger charge is -2.08. The molecule has 0 unspecified atom stereocenters. The first kappa shape index (κ1) is 11.9. The number of hydrogen-bond acceptors (Lipinski definition) is 1. The van der Waals surface area contributed by atoms with Crippen LogP contribution in [0.1, 0.15) is 11.1 Å². The Balaban J connectivity index is 2.48. The third-order valence-electron chi connectivity index (χ3n) is 2.64. The van der Waals surface area contributed by atoms with E-state index in [0.29, 0.717) is 0 Å². The fourth-order valence-corrected chi connectivity index (χ4v) is 2.12. The SMILES string of the molecule is N=C(N)c1ccccc1-c1ccc(CBr)cc1. The molecule has 0 aliphatic carbocycles. The zero-order chi connectivity index (χ0) is 12.3. The van der Waals surface area contributed by atoms with Crippen LogP contribution in [0.5, 0.6) is 0 Å². The molecule has 2 rings (SSSR count). The minimum atomic E-state index is 0.102. The van der Waals surface area contributed by atoms with E-state index in [9.17, 15) is 0 Å². The van der Waals surface area contributed by atoms with Crippen LogP contribution in [-0.4, -0.2) is 5.84 Å². The largest absolute Gasteiger partial charge is 0.384 e. The zero-order valence-electron chi connectivity index (χ0n) is 9.28. The number of nitrogen functional groups attached to an aromatic ring is 1. The van der Waals surface area contributed by atoms with Gasteiger partial charge in [-0.05, 0) is 16.7 Å².